The number of benzene rings is 7. The number of nitriles is 4. The number of para-hydroxylation sites is 2. The van der Waals surface area contributed by atoms with Gasteiger partial charge in [0.05, 0.1) is 107 Å². The molecule has 0 aliphatic heterocycles. The molecule has 0 saturated heterocycles. The van der Waals surface area contributed by atoms with E-state index in [9.17, 15) is 21.0 Å². The highest BCUT2D eigenvalue weighted by atomic mass is 15.2. The molecule has 0 radical (unpaired) electrons. The number of pyridine rings is 4. The van der Waals surface area contributed by atoms with Crippen molar-refractivity contribution in [1.82, 2.24) is 38.2 Å². The van der Waals surface area contributed by atoms with Crippen LogP contribution < -0.4 is 0 Å². The van der Waals surface area contributed by atoms with Gasteiger partial charge in [0.1, 0.15) is 11.4 Å². The van der Waals surface area contributed by atoms with E-state index >= 15 is 0 Å². The van der Waals surface area contributed by atoms with Crippen LogP contribution in [0.25, 0.3) is 133 Å². The summed E-state index contributed by atoms with van der Waals surface area (Å²) in [4.78, 5) is 21.6. The topological polar surface area (TPSA) is 166 Å². The van der Waals surface area contributed by atoms with Gasteiger partial charge >= 0.3 is 0 Å². The molecule has 0 fully saturated rings. The van der Waals surface area contributed by atoms with E-state index in [4.69, 9.17) is 19.9 Å². The van der Waals surface area contributed by atoms with Crippen LogP contribution in [-0.4, -0.2) is 38.2 Å². The molecule has 364 valence electrons. The van der Waals surface area contributed by atoms with Gasteiger partial charge in [-0.05, 0) is 134 Å². The third-order valence-electron chi connectivity index (χ3n) is 15.2. The second kappa shape index (κ2) is 17.2. The van der Waals surface area contributed by atoms with Gasteiger partial charge in [-0.25, -0.2) is 4.98 Å². The molecule has 12 heteroatoms. The molecular weight excluding hydrogens is 973 g/mol. The van der Waals surface area contributed by atoms with Gasteiger partial charge in [0, 0.05) is 61.5 Å². The van der Waals surface area contributed by atoms with E-state index in [-0.39, 0.29) is 0 Å². The maximum Gasteiger partial charge on any atom is 0.165 e. The highest BCUT2D eigenvalue weighted by Crippen LogP contribution is 2.50. The fourth-order valence-electron chi connectivity index (χ4n) is 12.0. The molecule has 0 spiro atoms. The molecule has 0 bridgehead atoms. The fraction of sp³-hybridized carbons (Fsp3) is 0.0149. The maximum atomic E-state index is 10.5. The van der Waals surface area contributed by atoms with Crippen molar-refractivity contribution in [2.45, 2.75) is 6.92 Å². The molecule has 8 heterocycles. The van der Waals surface area contributed by atoms with Gasteiger partial charge in [-0.15, -0.1) is 0 Å². The van der Waals surface area contributed by atoms with E-state index < -0.39 is 0 Å². The monoisotopic (exact) mass is 1010 g/mol. The van der Waals surface area contributed by atoms with Crippen LogP contribution in [-0.2, 0) is 0 Å². The van der Waals surface area contributed by atoms with E-state index in [0.717, 1.165) is 116 Å². The highest BCUT2D eigenvalue weighted by molar-refractivity contribution is 6.16. The van der Waals surface area contributed by atoms with Crippen molar-refractivity contribution in [3.8, 4) is 69.7 Å². The van der Waals surface area contributed by atoms with Crippen molar-refractivity contribution < 1.29 is 0 Å². The molecule has 7 aromatic carbocycles. The lowest BCUT2D eigenvalue weighted by atomic mass is 9.93. The van der Waals surface area contributed by atoms with Gasteiger partial charge in [0.25, 0.3) is 0 Å². The summed E-state index contributed by atoms with van der Waals surface area (Å²) < 4.78 is 8.88. The van der Waals surface area contributed by atoms with Gasteiger partial charge in [-0.2, -0.15) is 21.0 Å². The molecule has 15 rings (SSSR count). The summed E-state index contributed by atoms with van der Waals surface area (Å²) in [6.07, 6.45) is 3.63. The summed E-state index contributed by atoms with van der Waals surface area (Å²) in [5.41, 5.74) is 15.1. The number of hydrogen-bond donors (Lipinski definition) is 0. The Kier molecular flexibility index (Phi) is 9.73. The van der Waals surface area contributed by atoms with Gasteiger partial charge in [-0.1, -0.05) is 66.7 Å². The summed E-state index contributed by atoms with van der Waals surface area (Å²) in [5.74, 6) is 1.09. The van der Waals surface area contributed by atoms with Crippen LogP contribution in [0, 0.1) is 52.2 Å². The zero-order valence-corrected chi connectivity index (χ0v) is 41.9. The number of nitrogens with zero attached hydrogens (tertiary/aromatic N) is 12. The summed E-state index contributed by atoms with van der Waals surface area (Å²) >= 11 is 0. The van der Waals surface area contributed by atoms with Crippen molar-refractivity contribution in [3.05, 3.63) is 228 Å². The number of fused-ring (bicyclic) bond motifs is 12. The molecule has 0 aliphatic carbocycles. The minimum absolute atomic E-state index is 0.464. The Balaban J connectivity index is 1.30. The number of hydrogen-bond acceptors (Lipinski definition) is 8. The standard InChI is InChI=1S/C67H36N12/c1-39-11-8-16-52(74-39)44-12-2-3-13-45(44)61-64(76-55-25-21-40(35-68)31-48(55)49-32-41(36-69)22-26-56(49)76)66(78-53-17-6-4-14-46(53)62-59(78)19-9-29-72-62)75-67(79-54-18-7-5-15-47(54)63-60(79)20-10-30-73-63)65(61)77-57-27-23-42(37-70)33-50(57)51-34-43(38-71)24-28-58(51)77/h2-34H,1H3. The third-order valence-corrected chi connectivity index (χ3v) is 15.2. The second-order valence-electron chi connectivity index (χ2n) is 19.5. The first-order valence-corrected chi connectivity index (χ1v) is 25.5. The van der Waals surface area contributed by atoms with Crippen molar-refractivity contribution in [2.24, 2.45) is 0 Å². The average molecular weight is 1010 g/mol. The Morgan fingerprint density at radius 1 is 0.342 bits per heavy atom. The van der Waals surface area contributed by atoms with Crippen molar-refractivity contribution in [3.63, 3.8) is 0 Å². The summed E-state index contributed by atoms with van der Waals surface area (Å²) in [6.45, 7) is 1.99. The first-order chi connectivity index (χ1) is 38.9. The van der Waals surface area contributed by atoms with Gasteiger partial charge < -0.3 is 9.13 Å². The summed E-state index contributed by atoms with van der Waals surface area (Å²) in [7, 11) is 0. The molecule has 8 aromatic heterocycles. The molecule has 15 aromatic rings. The van der Waals surface area contributed by atoms with Crippen LogP contribution >= 0.6 is 0 Å². The lowest BCUT2D eigenvalue weighted by Gasteiger charge is -2.27. The van der Waals surface area contributed by atoms with Crippen LogP contribution in [0.3, 0.4) is 0 Å². The Hall–Kier alpha value is -11.7. The number of aromatic nitrogens is 8. The van der Waals surface area contributed by atoms with Gasteiger partial charge in [0.2, 0.25) is 0 Å². The van der Waals surface area contributed by atoms with Crippen LogP contribution in [0.1, 0.15) is 27.9 Å². The van der Waals surface area contributed by atoms with Crippen molar-refractivity contribution in [1.29, 1.82) is 21.0 Å². The Bertz CT molecular complexity index is 4810. The highest BCUT2D eigenvalue weighted by Gasteiger charge is 2.34. The third kappa shape index (κ3) is 6.50. The van der Waals surface area contributed by atoms with Crippen molar-refractivity contribution in [2.75, 3.05) is 0 Å². The van der Waals surface area contributed by atoms with E-state index in [1.807, 2.05) is 159 Å². The lowest BCUT2D eigenvalue weighted by Crippen LogP contribution is -2.16. The molecular formula is C67H36N12. The fourth-order valence-corrected chi connectivity index (χ4v) is 12.0. The smallest absolute Gasteiger partial charge is 0.165 e. The second-order valence-corrected chi connectivity index (χ2v) is 19.5. The zero-order valence-electron chi connectivity index (χ0n) is 41.9. The first kappa shape index (κ1) is 44.8. The van der Waals surface area contributed by atoms with Gasteiger partial charge in [0.15, 0.2) is 11.6 Å². The minimum Gasteiger partial charge on any atom is -0.305 e. The van der Waals surface area contributed by atoms with E-state index in [0.29, 0.717) is 45.3 Å². The summed E-state index contributed by atoms with van der Waals surface area (Å²) in [5, 5.41) is 46.9. The molecule has 0 aliphatic rings. The molecule has 0 amide bonds. The first-order valence-electron chi connectivity index (χ1n) is 25.5. The SMILES string of the molecule is Cc1cccc(-c2ccccc2-c2c(-n3c4ccc(C#N)cc4c4cc(C#N)ccc43)c(-n3c4ccccc4c4ncccc43)nc(-n3c4ccccc4c4ncccc43)c2-n2c3ccc(C#N)cc3c3cc(C#N)ccc32)n1. The average Bonchev–Trinajstić information content (AvgIpc) is 3.75. The predicted octanol–water partition coefficient (Wildman–Crippen LogP) is 14.8. The summed E-state index contributed by atoms with van der Waals surface area (Å²) in [6, 6.07) is 71.2. The van der Waals surface area contributed by atoms with Gasteiger partial charge in [-0.3, -0.25) is 24.1 Å². The largest absolute Gasteiger partial charge is 0.305 e. The van der Waals surface area contributed by atoms with E-state index in [1.54, 1.807) is 0 Å². The molecule has 12 nitrogen and oxygen atoms in total. The Morgan fingerprint density at radius 3 is 1.16 bits per heavy atom. The van der Waals surface area contributed by atoms with Crippen LogP contribution in [0.15, 0.2) is 200 Å². The minimum atomic E-state index is 0.464. The van der Waals surface area contributed by atoms with E-state index in [1.165, 1.54) is 0 Å². The van der Waals surface area contributed by atoms with E-state index in [2.05, 4.69) is 91.1 Å². The number of aryl methyl sites for hydroxylation is 1. The van der Waals surface area contributed by atoms with Crippen LogP contribution in [0.4, 0.5) is 0 Å². The van der Waals surface area contributed by atoms with Crippen LogP contribution in [0.5, 0.6) is 0 Å². The van der Waals surface area contributed by atoms with Crippen molar-refractivity contribution >= 4 is 87.5 Å². The molecule has 0 saturated carbocycles. The Labute approximate surface area is 449 Å². The zero-order chi connectivity index (χ0) is 53.0. The Morgan fingerprint density at radius 2 is 0.734 bits per heavy atom. The maximum absolute atomic E-state index is 10.5. The molecule has 0 atom stereocenters. The quantitative estimate of drug-likeness (QED) is 0.159. The lowest BCUT2D eigenvalue weighted by molar-refractivity contribution is 0.960. The molecule has 0 unspecified atom stereocenters. The van der Waals surface area contributed by atoms with Crippen LogP contribution in [0.2, 0.25) is 0 Å². The number of rotatable bonds is 6. The molecule has 79 heavy (non-hydrogen) atoms. The normalized spacial score (nSPS) is 11.6. The predicted molar refractivity (Wildman–Crippen MR) is 309 cm³/mol. The molecule has 0 N–H and O–H groups in total.